The molecule has 0 fully saturated rings. The van der Waals surface area contributed by atoms with E-state index in [0.717, 1.165) is 24.3 Å². The van der Waals surface area contributed by atoms with Crippen LogP contribution in [0.15, 0.2) is 36.8 Å². The molecule has 0 saturated carbocycles. The van der Waals surface area contributed by atoms with Gasteiger partial charge in [-0.3, -0.25) is 4.68 Å². The third kappa shape index (κ3) is 2.44. The van der Waals surface area contributed by atoms with Gasteiger partial charge in [0.1, 0.15) is 5.65 Å². The number of nitrogens with two attached hydrogens (primary N) is 1. The van der Waals surface area contributed by atoms with Crippen LogP contribution in [-0.4, -0.2) is 25.4 Å². The number of hydrogen-bond acceptors (Lipinski definition) is 3. The van der Waals surface area contributed by atoms with Crippen molar-refractivity contribution in [3.05, 3.63) is 48.0 Å². The van der Waals surface area contributed by atoms with Crippen molar-refractivity contribution in [3.8, 4) is 0 Å². The summed E-state index contributed by atoms with van der Waals surface area (Å²) >= 11 is 0. The predicted octanol–water partition coefficient (Wildman–Crippen LogP) is 1.71. The van der Waals surface area contributed by atoms with Gasteiger partial charge in [-0.25, -0.2) is 4.98 Å². The third-order valence-electron chi connectivity index (χ3n) is 3.36. The lowest BCUT2D eigenvalue weighted by Gasteiger charge is -2.02. The predicted molar refractivity (Wildman–Crippen MR) is 79.4 cm³/mol. The number of nitrogens with zero attached hydrogens (tertiary/aromatic N) is 4. The molecule has 0 aliphatic carbocycles. The Labute approximate surface area is 118 Å². The second-order valence-corrected chi connectivity index (χ2v) is 5.32. The molecule has 0 saturated heterocycles. The van der Waals surface area contributed by atoms with Crippen molar-refractivity contribution in [2.75, 3.05) is 0 Å². The van der Waals surface area contributed by atoms with Crippen molar-refractivity contribution >= 4 is 11.0 Å². The molecule has 104 valence electrons. The van der Waals surface area contributed by atoms with Crippen molar-refractivity contribution in [1.82, 2.24) is 19.3 Å². The van der Waals surface area contributed by atoms with Crippen molar-refractivity contribution in [2.45, 2.75) is 25.9 Å². The van der Waals surface area contributed by atoms with Gasteiger partial charge >= 0.3 is 0 Å². The number of fused-ring (bicyclic) bond motifs is 1. The molecule has 0 bridgehead atoms. The largest absolute Gasteiger partial charge is 0.328 e. The maximum atomic E-state index is 5.94. The molecule has 5 heteroatoms. The molecule has 0 aromatic carbocycles. The first-order valence-electron chi connectivity index (χ1n) is 6.80. The normalized spacial score (nSPS) is 12.9. The highest BCUT2D eigenvalue weighted by Crippen LogP contribution is 2.21. The van der Waals surface area contributed by atoms with Crippen LogP contribution in [0.25, 0.3) is 11.0 Å². The molecule has 0 radical (unpaired) electrons. The van der Waals surface area contributed by atoms with Gasteiger partial charge in [0.25, 0.3) is 0 Å². The summed E-state index contributed by atoms with van der Waals surface area (Å²) in [4.78, 5) is 4.50. The first-order valence-corrected chi connectivity index (χ1v) is 6.80. The van der Waals surface area contributed by atoms with E-state index in [0.29, 0.717) is 0 Å². The van der Waals surface area contributed by atoms with Gasteiger partial charge in [-0.05, 0) is 37.1 Å². The maximum absolute atomic E-state index is 5.94. The Bertz CT molecular complexity index is 723. The Morgan fingerprint density at radius 3 is 2.90 bits per heavy atom. The molecule has 3 aromatic heterocycles. The smallest absolute Gasteiger partial charge is 0.140 e. The quantitative estimate of drug-likeness (QED) is 0.784. The second kappa shape index (κ2) is 5.09. The minimum atomic E-state index is 0.143. The van der Waals surface area contributed by atoms with Gasteiger partial charge in [-0.1, -0.05) is 0 Å². The molecule has 20 heavy (non-hydrogen) atoms. The van der Waals surface area contributed by atoms with E-state index in [2.05, 4.69) is 26.9 Å². The molecule has 0 aliphatic rings. The van der Waals surface area contributed by atoms with Gasteiger partial charge in [0.15, 0.2) is 0 Å². The van der Waals surface area contributed by atoms with Crippen molar-refractivity contribution in [2.24, 2.45) is 12.8 Å². The number of pyridine rings is 1. The van der Waals surface area contributed by atoms with Gasteiger partial charge in [0.05, 0.1) is 12.2 Å². The topological polar surface area (TPSA) is 61.7 Å². The van der Waals surface area contributed by atoms with Crippen LogP contribution in [0.5, 0.6) is 0 Å². The zero-order valence-corrected chi connectivity index (χ0v) is 11.8. The zero-order chi connectivity index (χ0) is 14.1. The van der Waals surface area contributed by atoms with Gasteiger partial charge in [0, 0.05) is 37.1 Å². The summed E-state index contributed by atoms with van der Waals surface area (Å²) in [6.07, 6.45) is 6.79. The lowest BCUT2D eigenvalue weighted by Crippen LogP contribution is -2.17. The van der Waals surface area contributed by atoms with Crippen LogP contribution in [0, 0.1) is 0 Å². The second-order valence-electron chi connectivity index (χ2n) is 5.32. The van der Waals surface area contributed by atoms with Crippen LogP contribution in [-0.2, 0) is 20.0 Å². The SMILES string of the molecule is CC(N)Cc1cn(Cc2ccn(C)n2)c2ncccc12. The fraction of sp³-hybridized carbons (Fsp3) is 0.333. The fourth-order valence-electron chi connectivity index (χ4n) is 2.55. The lowest BCUT2D eigenvalue weighted by atomic mass is 10.1. The Kier molecular flexibility index (Phi) is 3.28. The van der Waals surface area contributed by atoms with E-state index < -0.39 is 0 Å². The first-order chi connectivity index (χ1) is 9.63. The van der Waals surface area contributed by atoms with Crippen LogP contribution >= 0.6 is 0 Å². The van der Waals surface area contributed by atoms with Crippen LogP contribution in [0.1, 0.15) is 18.2 Å². The average Bonchev–Trinajstić information content (AvgIpc) is 2.95. The Hall–Kier alpha value is -2.14. The van der Waals surface area contributed by atoms with E-state index >= 15 is 0 Å². The van der Waals surface area contributed by atoms with Crippen LogP contribution < -0.4 is 5.73 Å². The molecule has 2 N–H and O–H groups in total. The molecule has 5 nitrogen and oxygen atoms in total. The summed E-state index contributed by atoms with van der Waals surface area (Å²) in [6, 6.07) is 6.25. The molecule has 1 atom stereocenters. The molecule has 0 aliphatic heterocycles. The highest BCUT2D eigenvalue weighted by molar-refractivity contribution is 5.80. The number of hydrogen-bond donors (Lipinski definition) is 1. The van der Waals surface area contributed by atoms with Gasteiger partial charge < -0.3 is 10.3 Å². The summed E-state index contributed by atoms with van der Waals surface area (Å²) in [7, 11) is 1.93. The summed E-state index contributed by atoms with van der Waals surface area (Å²) in [5, 5.41) is 5.61. The van der Waals surface area contributed by atoms with Gasteiger partial charge in [-0.15, -0.1) is 0 Å². The Morgan fingerprint density at radius 2 is 2.20 bits per heavy atom. The molecule has 3 rings (SSSR count). The number of aryl methyl sites for hydroxylation is 1. The van der Waals surface area contributed by atoms with Crippen molar-refractivity contribution in [3.63, 3.8) is 0 Å². The molecule has 0 spiro atoms. The summed E-state index contributed by atoms with van der Waals surface area (Å²) in [6.45, 7) is 2.76. The van der Waals surface area contributed by atoms with E-state index in [4.69, 9.17) is 5.73 Å². The Morgan fingerprint density at radius 1 is 1.35 bits per heavy atom. The van der Waals surface area contributed by atoms with E-state index in [-0.39, 0.29) is 6.04 Å². The monoisotopic (exact) mass is 269 g/mol. The van der Waals surface area contributed by atoms with E-state index in [1.54, 1.807) is 0 Å². The maximum Gasteiger partial charge on any atom is 0.140 e. The molecular weight excluding hydrogens is 250 g/mol. The summed E-state index contributed by atoms with van der Waals surface area (Å²) in [5.74, 6) is 0. The standard InChI is InChI=1S/C15H19N5/c1-11(16)8-12-9-20(10-13-5-7-19(2)18-13)15-14(12)4-3-6-17-15/h3-7,9,11H,8,10,16H2,1-2H3. The van der Waals surface area contributed by atoms with Crippen molar-refractivity contribution < 1.29 is 0 Å². The summed E-state index contributed by atoms with van der Waals surface area (Å²) < 4.78 is 3.96. The average molecular weight is 269 g/mol. The minimum absolute atomic E-state index is 0.143. The number of rotatable bonds is 4. The molecule has 3 heterocycles. The highest BCUT2D eigenvalue weighted by atomic mass is 15.3. The van der Waals surface area contributed by atoms with Crippen molar-refractivity contribution in [1.29, 1.82) is 0 Å². The lowest BCUT2D eigenvalue weighted by molar-refractivity contribution is 0.708. The minimum Gasteiger partial charge on any atom is -0.328 e. The van der Waals surface area contributed by atoms with Crippen LogP contribution in [0.4, 0.5) is 0 Å². The Balaban J connectivity index is 2.02. The highest BCUT2D eigenvalue weighted by Gasteiger charge is 2.11. The first kappa shape index (κ1) is 12.9. The number of aromatic nitrogens is 4. The van der Waals surface area contributed by atoms with Crippen LogP contribution in [0.3, 0.4) is 0 Å². The van der Waals surface area contributed by atoms with Gasteiger partial charge in [0.2, 0.25) is 0 Å². The molecular formula is C15H19N5. The third-order valence-corrected chi connectivity index (χ3v) is 3.36. The molecule has 0 amide bonds. The van der Waals surface area contributed by atoms with E-state index in [9.17, 15) is 0 Å². The van der Waals surface area contributed by atoms with E-state index in [1.165, 1.54) is 10.9 Å². The van der Waals surface area contributed by atoms with Crippen LogP contribution in [0.2, 0.25) is 0 Å². The van der Waals surface area contributed by atoms with Gasteiger partial charge in [-0.2, -0.15) is 5.10 Å². The fourth-order valence-corrected chi connectivity index (χ4v) is 2.55. The summed E-state index contributed by atoms with van der Waals surface area (Å²) in [5.41, 5.74) is 9.21. The molecule has 3 aromatic rings. The molecule has 1 unspecified atom stereocenters. The zero-order valence-electron chi connectivity index (χ0n) is 11.8. The van der Waals surface area contributed by atoms with E-state index in [1.807, 2.05) is 43.2 Å².